The van der Waals surface area contributed by atoms with Crippen molar-refractivity contribution in [2.45, 2.75) is 6.54 Å². The zero-order valence-corrected chi connectivity index (χ0v) is 7.34. The molecule has 2 N–H and O–H groups in total. The molecule has 0 bridgehead atoms. The molecule has 0 saturated heterocycles. The summed E-state index contributed by atoms with van der Waals surface area (Å²) in [5.41, 5.74) is 6.21. The molecular weight excluding hydrogens is 180 g/mol. The number of carbonyl (C=O) groups excluding carboxylic acids is 1. The SMILES string of the molecule is C#CCn1ccn2ncc(C(N)=O)c12. The maximum Gasteiger partial charge on any atom is 0.254 e. The van der Waals surface area contributed by atoms with E-state index in [2.05, 4.69) is 11.0 Å². The molecule has 0 spiro atoms. The van der Waals surface area contributed by atoms with Crippen molar-refractivity contribution < 1.29 is 4.79 Å². The van der Waals surface area contributed by atoms with E-state index in [1.165, 1.54) is 6.20 Å². The van der Waals surface area contributed by atoms with Gasteiger partial charge in [0.05, 0.1) is 12.7 Å². The molecule has 2 rings (SSSR count). The minimum atomic E-state index is -0.503. The van der Waals surface area contributed by atoms with Gasteiger partial charge in [-0.05, 0) is 0 Å². The van der Waals surface area contributed by atoms with Crippen LogP contribution in [0.1, 0.15) is 10.4 Å². The minimum absolute atomic E-state index is 0.380. The summed E-state index contributed by atoms with van der Waals surface area (Å²) in [6, 6.07) is 0. The van der Waals surface area contributed by atoms with E-state index in [1.807, 2.05) is 0 Å². The van der Waals surface area contributed by atoms with Crippen LogP contribution in [0.15, 0.2) is 18.6 Å². The Morgan fingerprint density at radius 2 is 2.43 bits per heavy atom. The molecular formula is C9H8N4O. The molecule has 14 heavy (non-hydrogen) atoms. The third-order valence-corrected chi connectivity index (χ3v) is 1.96. The van der Waals surface area contributed by atoms with Gasteiger partial charge in [-0.15, -0.1) is 6.42 Å². The maximum absolute atomic E-state index is 11.0. The number of terminal acetylenes is 1. The number of hydrogen-bond acceptors (Lipinski definition) is 2. The first-order valence-corrected chi connectivity index (χ1v) is 4.00. The predicted molar refractivity (Wildman–Crippen MR) is 50.5 cm³/mol. The van der Waals surface area contributed by atoms with E-state index in [-0.39, 0.29) is 0 Å². The van der Waals surface area contributed by atoms with E-state index in [9.17, 15) is 4.79 Å². The van der Waals surface area contributed by atoms with Gasteiger partial charge in [0.1, 0.15) is 11.2 Å². The van der Waals surface area contributed by atoms with Crippen molar-refractivity contribution in [2.24, 2.45) is 5.73 Å². The highest BCUT2D eigenvalue weighted by molar-refractivity contribution is 5.98. The Kier molecular flexibility index (Phi) is 1.75. The van der Waals surface area contributed by atoms with Crippen molar-refractivity contribution in [3.8, 4) is 12.3 Å². The lowest BCUT2D eigenvalue weighted by Gasteiger charge is -1.97. The average molecular weight is 188 g/mol. The first kappa shape index (κ1) is 8.38. The summed E-state index contributed by atoms with van der Waals surface area (Å²) in [4.78, 5) is 11.0. The fourth-order valence-electron chi connectivity index (χ4n) is 1.37. The Bertz CT molecular complexity index is 528. The molecule has 1 amide bonds. The summed E-state index contributed by atoms with van der Waals surface area (Å²) in [7, 11) is 0. The molecule has 0 atom stereocenters. The standard InChI is InChI=1S/C9H8N4O/c1-2-3-12-4-5-13-9(12)7(6-11-13)8(10)14/h1,4-6H,3H2,(H2,10,14). The quantitative estimate of drug-likeness (QED) is 0.667. The summed E-state index contributed by atoms with van der Waals surface area (Å²) in [5, 5.41) is 3.97. The number of hydrogen-bond donors (Lipinski definition) is 1. The van der Waals surface area contributed by atoms with Gasteiger partial charge in [0.25, 0.3) is 5.91 Å². The molecule has 2 heterocycles. The van der Waals surface area contributed by atoms with Gasteiger partial charge >= 0.3 is 0 Å². The van der Waals surface area contributed by atoms with Crippen LogP contribution in [-0.2, 0) is 6.54 Å². The third-order valence-electron chi connectivity index (χ3n) is 1.96. The van der Waals surface area contributed by atoms with Gasteiger partial charge in [-0.2, -0.15) is 5.10 Å². The second-order valence-corrected chi connectivity index (χ2v) is 2.82. The summed E-state index contributed by atoms with van der Waals surface area (Å²) >= 11 is 0. The number of nitrogens with zero attached hydrogens (tertiary/aromatic N) is 3. The van der Waals surface area contributed by atoms with Crippen LogP contribution >= 0.6 is 0 Å². The minimum Gasteiger partial charge on any atom is -0.365 e. The Morgan fingerprint density at radius 1 is 1.64 bits per heavy atom. The number of amides is 1. The van der Waals surface area contributed by atoms with Crippen LogP contribution in [0, 0.1) is 12.3 Å². The number of aromatic nitrogens is 3. The Balaban J connectivity index is 2.68. The van der Waals surface area contributed by atoms with Crippen molar-refractivity contribution >= 4 is 11.6 Å². The average Bonchev–Trinajstić information content (AvgIpc) is 2.67. The van der Waals surface area contributed by atoms with E-state index in [0.29, 0.717) is 17.8 Å². The molecule has 0 fully saturated rings. The fraction of sp³-hybridized carbons (Fsp3) is 0.111. The zero-order chi connectivity index (χ0) is 10.1. The lowest BCUT2D eigenvalue weighted by atomic mass is 10.3. The smallest absolute Gasteiger partial charge is 0.254 e. The van der Waals surface area contributed by atoms with Crippen LogP contribution in [0.3, 0.4) is 0 Å². The summed E-state index contributed by atoms with van der Waals surface area (Å²) in [5.74, 6) is 1.99. The zero-order valence-electron chi connectivity index (χ0n) is 7.34. The number of imidazole rings is 1. The van der Waals surface area contributed by atoms with E-state index >= 15 is 0 Å². The largest absolute Gasteiger partial charge is 0.365 e. The van der Waals surface area contributed by atoms with Crippen LogP contribution in [0.25, 0.3) is 5.65 Å². The summed E-state index contributed by atoms with van der Waals surface area (Å²) in [6.07, 6.45) is 10.1. The van der Waals surface area contributed by atoms with Crippen molar-refractivity contribution in [2.75, 3.05) is 0 Å². The second kappa shape index (κ2) is 2.92. The van der Waals surface area contributed by atoms with Gasteiger partial charge in [0.15, 0.2) is 0 Å². The predicted octanol–water partition coefficient (Wildman–Crippen LogP) is -0.132. The van der Waals surface area contributed by atoms with Gasteiger partial charge in [-0.1, -0.05) is 5.92 Å². The molecule has 0 aliphatic carbocycles. The molecule has 70 valence electrons. The van der Waals surface area contributed by atoms with E-state index in [4.69, 9.17) is 12.2 Å². The number of primary amides is 1. The molecule has 5 nitrogen and oxygen atoms in total. The third kappa shape index (κ3) is 1.05. The molecule has 0 radical (unpaired) electrons. The Labute approximate surface area is 80.1 Å². The molecule has 2 aromatic rings. The van der Waals surface area contributed by atoms with Crippen molar-refractivity contribution in [1.29, 1.82) is 0 Å². The lowest BCUT2D eigenvalue weighted by Crippen LogP contribution is -2.11. The highest BCUT2D eigenvalue weighted by Gasteiger charge is 2.12. The van der Waals surface area contributed by atoms with Gasteiger partial charge in [-0.25, -0.2) is 4.52 Å². The van der Waals surface area contributed by atoms with Crippen LogP contribution in [0.4, 0.5) is 0 Å². The molecule has 0 aliphatic heterocycles. The molecule has 2 aromatic heterocycles. The van der Waals surface area contributed by atoms with Crippen LogP contribution in [-0.4, -0.2) is 20.1 Å². The number of rotatable bonds is 2. The van der Waals surface area contributed by atoms with Gasteiger partial charge in [0.2, 0.25) is 0 Å². The first-order chi connectivity index (χ1) is 6.74. The van der Waals surface area contributed by atoms with Crippen molar-refractivity contribution in [3.05, 3.63) is 24.2 Å². The number of fused-ring (bicyclic) bond motifs is 1. The Hall–Kier alpha value is -2.22. The monoisotopic (exact) mass is 188 g/mol. The molecule has 0 saturated carbocycles. The second-order valence-electron chi connectivity index (χ2n) is 2.82. The highest BCUT2D eigenvalue weighted by atomic mass is 16.1. The van der Waals surface area contributed by atoms with Gasteiger partial charge < -0.3 is 10.3 Å². The lowest BCUT2D eigenvalue weighted by molar-refractivity contribution is 0.100. The van der Waals surface area contributed by atoms with E-state index in [1.54, 1.807) is 21.5 Å². The van der Waals surface area contributed by atoms with E-state index < -0.39 is 5.91 Å². The van der Waals surface area contributed by atoms with Crippen LogP contribution < -0.4 is 5.73 Å². The van der Waals surface area contributed by atoms with Gasteiger partial charge in [0, 0.05) is 12.4 Å². The van der Waals surface area contributed by atoms with Crippen LogP contribution in [0.5, 0.6) is 0 Å². The van der Waals surface area contributed by atoms with Gasteiger partial charge in [-0.3, -0.25) is 4.79 Å². The summed E-state index contributed by atoms with van der Waals surface area (Å²) in [6.45, 7) is 0.391. The first-order valence-electron chi connectivity index (χ1n) is 4.00. The molecule has 0 aliphatic rings. The van der Waals surface area contributed by atoms with E-state index in [0.717, 1.165) is 0 Å². The van der Waals surface area contributed by atoms with Crippen LogP contribution in [0.2, 0.25) is 0 Å². The number of nitrogens with two attached hydrogens (primary N) is 1. The maximum atomic E-state index is 11.0. The topological polar surface area (TPSA) is 65.3 Å². The Morgan fingerprint density at radius 3 is 3.07 bits per heavy atom. The molecule has 0 unspecified atom stereocenters. The fourth-order valence-corrected chi connectivity index (χ4v) is 1.37. The normalized spacial score (nSPS) is 10.2. The van der Waals surface area contributed by atoms with Crippen molar-refractivity contribution in [3.63, 3.8) is 0 Å². The summed E-state index contributed by atoms with van der Waals surface area (Å²) < 4.78 is 3.31. The molecule has 0 aromatic carbocycles. The highest BCUT2D eigenvalue weighted by Crippen LogP contribution is 2.10. The van der Waals surface area contributed by atoms with Crippen molar-refractivity contribution in [1.82, 2.24) is 14.2 Å². The molecule has 5 heteroatoms. The number of carbonyl (C=O) groups is 1.